The third-order valence-corrected chi connectivity index (χ3v) is 4.85. The Morgan fingerprint density at radius 3 is 2.44 bits per heavy atom. The van der Waals surface area contributed by atoms with Crippen LogP contribution in [-0.2, 0) is 9.53 Å². The van der Waals surface area contributed by atoms with Crippen LogP contribution in [0.15, 0.2) is 18.2 Å². The second-order valence-corrected chi connectivity index (χ2v) is 7.46. The predicted molar refractivity (Wildman–Crippen MR) is 103 cm³/mol. The summed E-state index contributed by atoms with van der Waals surface area (Å²) in [6.45, 7) is 7.56. The van der Waals surface area contributed by atoms with E-state index in [4.69, 9.17) is 14.2 Å². The number of benzene rings is 1. The van der Waals surface area contributed by atoms with Gasteiger partial charge in [0.25, 0.3) is 5.91 Å². The predicted octanol–water partition coefficient (Wildman–Crippen LogP) is 3.72. The van der Waals surface area contributed by atoms with Gasteiger partial charge in [0.15, 0.2) is 17.6 Å². The van der Waals surface area contributed by atoms with Gasteiger partial charge in [-0.1, -0.05) is 19.8 Å². The van der Waals surface area contributed by atoms with E-state index < -0.39 is 12.1 Å². The molecule has 1 aromatic carbocycles. The summed E-state index contributed by atoms with van der Waals surface area (Å²) in [6.07, 6.45) is 3.54. The summed E-state index contributed by atoms with van der Waals surface area (Å²) >= 11 is 0. The highest BCUT2D eigenvalue weighted by atomic mass is 16.5. The maximum absolute atomic E-state index is 12.4. The van der Waals surface area contributed by atoms with Gasteiger partial charge in [0, 0.05) is 6.04 Å². The highest BCUT2D eigenvalue weighted by Crippen LogP contribution is 2.29. The van der Waals surface area contributed by atoms with E-state index >= 15 is 0 Å². The lowest BCUT2D eigenvalue weighted by molar-refractivity contribution is -0.130. The van der Waals surface area contributed by atoms with Gasteiger partial charge in [-0.15, -0.1) is 0 Å². The summed E-state index contributed by atoms with van der Waals surface area (Å²) in [7, 11) is 1.51. The van der Waals surface area contributed by atoms with E-state index in [2.05, 4.69) is 12.2 Å². The molecule has 6 heteroatoms. The molecule has 27 heavy (non-hydrogen) atoms. The van der Waals surface area contributed by atoms with Crippen LogP contribution < -0.4 is 14.8 Å². The molecular weight excluding hydrogens is 346 g/mol. The third-order valence-electron chi connectivity index (χ3n) is 4.85. The molecule has 1 aliphatic carbocycles. The molecule has 150 valence electrons. The van der Waals surface area contributed by atoms with E-state index in [9.17, 15) is 9.59 Å². The van der Waals surface area contributed by atoms with Crippen LogP contribution >= 0.6 is 0 Å². The van der Waals surface area contributed by atoms with Crippen molar-refractivity contribution in [1.29, 1.82) is 0 Å². The zero-order valence-electron chi connectivity index (χ0n) is 16.9. The Balaban J connectivity index is 1.97. The Morgan fingerprint density at radius 1 is 1.11 bits per heavy atom. The van der Waals surface area contributed by atoms with Crippen LogP contribution in [0.5, 0.6) is 11.5 Å². The molecule has 0 aromatic heterocycles. The van der Waals surface area contributed by atoms with Crippen molar-refractivity contribution in [2.75, 3.05) is 7.11 Å². The molecule has 1 N–H and O–H groups in total. The fraction of sp³-hybridized carbons (Fsp3) is 0.619. The standard InChI is InChI=1S/C21H31NO5/c1-13(2)26-18-11-10-16(12-19(18)25-5)21(24)27-15(4)20(23)22-17-9-7-6-8-14(17)3/h10-15,17H,6-9H2,1-5H3,(H,22,23). The van der Waals surface area contributed by atoms with Crippen molar-refractivity contribution in [3.05, 3.63) is 23.8 Å². The molecular formula is C21H31NO5. The fourth-order valence-corrected chi connectivity index (χ4v) is 3.26. The number of carbonyl (C=O) groups excluding carboxylic acids is 2. The van der Waals surface area contributed by atoms with Gasteiger partial charge in [0.05, 0.1) is 18.8 Å². The lowest BCUT2D eigenvalue weighted by Gasteiger charge is -2.30. The summed E-state index contributed by atoms with van der Waals surface area (Å²) in [5.74, 6) is 0.633. The fourth-order valence-electron chi connectivity index (χ4n) is 3.26. The number of esters is 1. The first-order valence-corrected chi connectivity index (χ1v) is 9.67. The number of hydrogen-bond donors (Lipinski definition) is 1. The first-order valence-electron chi connectivity index (χ1n) is 9.67. The van der Waals surface area contributed by atoms with Crippen LogP contribution in [0.25, 0.3) is 0 Å². The van der Waals surface area contributed by atoms with Gasteiger partial charge < -0.3 is 19.5 Å². The molecule has 0 saturated heterocycles. The summed E-state index contributed by atoms with van der Waals surface area (Å²) < 4.78 is 16.3. The minimum Gasteiger partial charge on any atom is -0.493 e. The number of rotatable bonds is 7. The lowest BCUT2D eigenvalue weighted by Crippen LogP contribution is -2.45. The number of amides is 1. The molecule has 0 radical (unpaired) electrons. The Morgan fingerprint density at radius 2 is 1.81 bits per heavy atom. The number of methoxy groups -OCH3 is 1. The first-order chi connectivity index (χ1) is 12.8. The van der Waals surface area contributed by atoms with Gasteiger partial charge in [0.1, 0.15) is 0 Å². The monoisotopic (exact) mass is 377 g/mol. The molecule has 0 aliphatic heterocycles. The van der Waals surface area contributed by atoms with E-state index in [1.54, 1.807) is 25.1 Å². The largest absolute Gasteiger partial charge is 0.493 e. The molecule has 1 aliphatic rings. The summed E-state index contributed by atoms with van der Waals surface area (Å²) in [4.78, 5) is 24.8. The Labute approximate surface area is 161 Å². The Kier molecular flexibility index (Phi) is 7.51. The third kappa shape index (κ3) is 5.88. The minimum atomic E-state index is -0.857. The lowest BCUT2D eigenvalue weighted by atomic mass is 9.86. The molecule has 1 aromatic rings. The molecule has 0 bridgehead atoms. The molecule has 6 nitrogen and oxygen atoms in total. The second-order valence-electron chi connectivity index (χ2n) is 7.46. The van der Waals surface area contributed by atoms with Crippen molar-refractivity contribution in [3.63, 3.8) is 0 Å². The van der Waals surface area contributed by atoms with Crippen LogP contribution in [0, 0.1) is 5.92 Å². The zero-order chi connectivity index (χ0) is 20.0. The van der Waals surface area contributed by atoms with Crippen molar-refractivity contribution in [2.24, 2.45) is 5.92 Å². The Bertz CT molecular complexity index is 658. The molecule has 1 amide bonds. The maximum atomic E-state index is 12.4. The SMILES string of the molecule is COc1cc(C(=O)OC(C)C(=O)NC2CCCCC2C)ccc1OC(C)C. The van der Waals surface area contributed by atoms with Gasteiger partial charge in [-0.05, 0) is 57.7 Å². The average molecular weight is 377 g/mol. The van der Waals surface area contributed by atoms with E-state index in [0.29, 0.717) is 23.0 Å². The normalized spacial score (nSPS) is 20.7. The van der Waals surface area contributed by atoms with Crippen LogP contribution in [0.1, 0.15) is 63.7 Å². The summed E-state index contributed by atoms with van der Waals surface area (Å²) in [6, 6.07) is 4.99. The van der Waals surface area contributed by atoms with Crippen molar-refractivity contribution >= 4 is 11.9 Å². The number of nitrogens with one attached hydrogen (secondary N) is 1. The first kappa shape index (κ1) is 21.1. The van der Waals surface area contributed by atoms with E-state index in [1.165, 1.54) is 13.5 Å². The van der Waals surface area contributed by atoms with Crippen LogP contribution in [0.3, 0.4) is 0 Å². The van der Waals surface area contributed by atoms with Crippen molar-refractivity contribution < 1.29 is 23.8 Å². The van der Waals surface area contributed by atoms with Crippen LogP contribution in [-0.4, -0.2) is 37.2 Å². The number of ether oxygens (including phenoxy) is 3. The van der Waals surface area contributed by atoms with Gasteiger partial charge in [-0.3, -0.25) is 4.79 Å². The molecule has 2 rings (SSSR count). The average Bonchev–Trinajstić information content (AvgIpc) is 2.63. The number of hydrogen-bond acceptors (Lipinski definition) is 5. The van der Waals surface area contributed by atoms with Crippen LogP contribution in [0.4, 0.5) is 0 Å². The zero-order valence-corrected chi connectivity index (χ0v) is 16.9. The van der Waals surface area contributed by atoms with Gasteiger partial charge in [-0.25, -0.2) is 4.79 Å². The van der Waals surface area contributed by atoms with Gasteiger partial charge in [-0.2, -0.15) is 0 Å². The summed E-state index contributed by atoms with van der Waals surface area (Å²) in [5.41, 5.74) is 0.314. The van der Waals surface area contributed by atoms with Gasteiger partial charge >= 0.3 is 5.97 Å². The van der Waals surface area contributed by atoms with Crippen LogP contribution in [0.2, 0.25) is 0 Å². The quantitative estimate of drug-likeness (QED) is 0.733. The number of carbonyl (C=O) groups is 2. The summed E-state index contributed by atoms with van der Waals surface area (Å²) in [5, 5.41) is 3.02. The Hall–Kier alpha value is -2.24. The topological polar surface area (TPSA) is 73.9 Å². The highest BCUT2D eigenvalue weighted by molar-refractivity contribution is 5.92. The highest BCUT2D eigenvalue weighted by Gasteiger charge is 2.26. The van der Waals surface area contributed by atoms with E-state index in [1.807, 2.05) is 13.8 Å². The second kappa shape index (κ2) is 9.62. The molecule has 0 heterocycles. The van der Waals surface area contributed by atoms with E-state index in [0.717, 1.165) is 19.3 Å². The van der Waals surface area contributed by atoms with Crippen molar-refractivity contribution in [1.82, 2.24) is 5.32 Å². The smallest absolute Gasteiger partial charge is 0.339 e. The molecule has 1 saturated carbocycles. The maximum Gasteiger partial charge on any atom is 0.339 e. The molecule has 0 spiro atoms. The minimum absolute atomic E-state index is 0.0115. The van der Waals surface area contributed by atoms with E-state index in [-0.39, 0.29) is 18.1 Å². The molecule has 1 fully saturated rings. The molecule has 3 unspecified atom stereocenters. The van der Waals surface area contributed by atoms with Crippen molar-refractivity contribution in [2.45, 2.75) is 71.6 Å². The molecule has 3 atom stereocenters. The van der Waals surface area contributed by atoms with Gasteiger partial charge in [0.2, 0.25) is 0 Å². The van der Waals surface area contributed by atoms with Crippen molar-refractivity contribution in [3.8, 4) is 11.5 Å².